The first-order valence-corrected chi connectivity index (χ1v) is 11.3. The van der Waals surface area contributed by atoms with Crippen molar-refractivity contribution in [3.8, 4) is 11.5 Å². The molecule has 14 nitrogen and oxygen atoms in total. The van der Waals surface area contributed by atoms with Gasteiger partial charge in [-0.2, -0.15) is 0 Å². The third-order valence-electron chi connectivity index (χ3n) is 5.09. The number of nitrogens with one attached hydrogen (secondary N) is 1. The number of imide groups is 1. The Morgan fingerprint density at radius 2 is 1.23 bits per heavy atom. The molecule has 0 radical (unpaired) electrons. The van der Waals surface area contributed by atoms with Gasteiger partial charge in [0.2, 0.25) is 0 Å². The summed E-state index contributed by atoms with van der Waals surface area (Å²) in [6.45, 7) is 1.11. The smallest absolute Gasteiger partial charge is 0.342 e. The van der Waals surface area contributed by atoms with Crippen molar-refractivity contribution in [2.75, 3.05) is 6.61 Å². The molecule has 0 bridgehead atoms. The van der Waals surface area contributed by atoms with Gasteiger partial charge in [-0.05, 0) is 24.3 Å². The third-order valence-corrected chi connectivity index (χ3v) is 5.09. The van der Waals surface area contributed by atoms with Crippen LogP contribution in [0, 0.1) is 0 Å². The molecule has 39 heavy (non-hydrogen) atoms. The topological polar surface area (TPSA) is 226 Å². The second-order valence-electron chi connectivity index (χ2n) is 8.04. The number of para-hydroxylation sites is 2. The molecule has 210 valence electrons. The Bertz CT molecular complexity index is 1210. The van der Waals surface area contributed by atoms with Crippen LogP contribution in [0.4, 0.5) is 0 Å². The molecule has 5 atom stereocenters. The van der Waals surface area contributed by atoms with E-state index >= 15 is 0 Å². The number of rotatable bonds is 11. The standard InChI is InChI=1S/C25H27NO13/c1-12(28)37-16-9-5-3-7-14(16)23(34)26-24(35)22(33)21(32)20(31)19(30)18(11-27)39-25(36)15-8-4-6-10-17(15)38-13(2)29/h3-10,18-22,27,30-33H,11H2,1-2H3,(H,26,34,35)/t18-,19+,20-,21-,22-/m1/s1. The van der Waals surface area contributed by atoms with Crippen LogP contribution in [0.2, 0.25) is 0 Å². The fourth-order valence-electron chi connectivity index (χ4n) is 3.21. The minimum absolute atomic E-state index is 0.186. The van der Waals surface area contributed by atoms with Gasteiger partial charge < -0.3 is 39.7 Å². The number of hydrogen-bond donors (Lipinski definition) is 6. The Hall–Kier alpha value is -4.21. The van der Waals surface area contributed by atoms with Crippen molar-refractivity contribution >= 4 is 29.7 Å². The van der Waals surface area contributed by atoms with E-state index in [0.29, 0.717) is 0 Å². The Labute approximate surface area is 221 Å². The zero-order valence-corrected chi connectivity index (χ0v) is 20.7. The van der Waals surface area contributed by atoms with Gasteiger partial charge in [0.25, 0.3) is 11.8 Å². The number of esters is 3. The van der Waals surface area contributed by atoms with Gasteiger partial charge >= 0.3 is 17.9 Å². The fourth-order valence-corrected chi connectivity index (χ4v) is 3.21. The highest BCUT2D eigenvalue weighted by Crippen LogP contribution is 2.22. The second kappa shape index (κ2) is 14.1. The maximum Gasteiger partial charge on any atom is 0.342 e. The maximum absolute atomic E-state index is 12.5. The van der Waals surface area contributed by atoms with Gasteiger partial charge in [0.05, 0.1) is 12.2 Å². The summed E-state index contributed by atoms with van der Waals surface area (Å²) in [6.07, 6.45) is -11.4. The van der Waals surface area contributed by atoms with Crippen molar-refractivity contribution < 1.29 is 63.7 Å². The molecule has 0 unspecified atom stereocenters. The average Bonchev–Trinajstić information content (AvgIpc) is 2.89. The monoisotopic (exact) mass is 549 g/mol. The number of hydrogen-bond acceptors (Lipinski definition) is 13. The van der Waals surface area contributed by atoms with Crippen LogP contribution in [0.1, 0.15) is 34.6 Å². The van der Waals surface area contributed by atoms with Gasteiger partial charge in [0, 0.05) is 13.8 Å². The van der Waals surface area contributed by atoms with E-state index in [1.807, 2.05) is 0 Å². The molecule has 0 heterocycles. The lowest BCUT2D eigenvalue weighted by Crippen LogP contribution is -2.55. The first-order valence-electron chi connectivity index (χ1n) is 11.3. The van der Waals surface area contributed by atoms with Crippen molar-refractivity contribution in [3.05, 3.63) is 59.7 Å². The number of carbonyl (C=O) groups excluding carboxylic acids is 5. The Balaban J connectivity index is 2.08. The van der Waals surface area contributed by atoms with Crippen molar-refractivity contribution in [3.63, 3.8) is 0 Å². The molecule has 0 spiro atoms. The molecular formula is C25H27NO13. The molecule has 0 fully saturated rings. The van der Waals surface area contributed by atoms with E-state index in [1.165, 1.54) is 48.5 Å². The van der Waals surface area contributed by atoms with E-state index in [2.05, 4.69) is 0 Å². The minimum atomic E-state index is -2.49. The predicted octanol–water partition coefficient (Wildman–Crippen LogP) is -1.54. The SMILES string of the molecule is CC(=O)Oc1ccccc1C(=O)NC(=O)[C@H](O)[C@H](O)[C@H](O)[C@@H](O)[C@@H](CO)OC(=O)c1ccccc1OC(C)=O. The Kier molecular flexibility index (Phi) is 11.2. The Morgan fingerprint density at radius 3 is 1.74 bits per heavy atom. The van der Waals surface area contributed by atoms with Crippen molar-refractivity contribution in [2.45, 2.75) is 44.4 Å². The molecule has 2 aromatic rings. The zero-order chi connectivity index (χ0) is 29.3. The summed E-state index contributed by atoms with van der Waals surface area (Å²) < 4.78 is 14.7. The largest absolute Gasteiger partial charge is 0.453 e. The van der Waals surface area contributed by atoms with Crippen molar-refractivity contribution in [2.24, 2.45) is 0 Å². The number of benzene rings is 2. The lowest BCUT2D eigenvalue weighted by atomic mass is 9.98. The van der Waals surface area contributed by atoms with E-state index in [-0.39, 0.29) is 22.6 Å². The van der Waals surface area contributed by atoms with Crippen LogP contribution in [0.5, 0.6) is 11.5 Å². The van der Waals surface area contributed by atoms with Crippen LogP contribution in [-0.4, -0.2) is 92.4 Å². The van der Waals surface area contributed by atoms with Gasteiger partial charge in [-0.3, -0.25) is 24.5 Å². The maximum atomic E-state index is 12.5. The van der Waals surface area contributed by atoms with Gasteiger partial charge in [0.1, 0.15) is 35.4 Å². The molecule has 0 aliphatic rings. The fraction of sp³-hybridized carbons (Fsp3) is 0.320. The summed E-state index contributed by atoms with van der Waals surface area (Å²) in [5.74, 6) is -5.66. The number of carbonyl (C=O) groups is 5. The van der Waals surface area contributed by atoms with E-state index in [1.54, 1.807) is 5.32 Å². The van der Waals surface area contributed by atoms with E-state index in [4.69, 9.17) is 14.2 Å². The van der Waals surface area contributed by atoms with Gasteiger partial charge in [-0.15, -0.1) is 0 Å². The van der Waals surface area contributed by atoms with Gasteiger partial charge in [0.15, 0.2) is 12.2 Å². The molecule has 2 rings (SSSR count). The number of amides is 2. The summed E-state index contributed by atoms with van der Waals surface area (Å²) >= 11 is 0. The average molecular weight is 549 g/mol. The second-order valence-corrected chi connectivity index (χ2v) is 8.04. The highest BCUT2D eigenvalue weighted by molar-refractivity contribution is 6.07. The molecule has 0 aromatic heterocycles. The van der Waals surface area contributed by atoms with Crippen LogP contribution in [0.15, 0.2) is 48.5 Å². The highest BCUT2D eigenvalue weighted by atomic mass is 16.6. The quantitative estimate of drug-likeness (QED) is 0.138. The first kappa shape index (κ1) is 31.0. The minimum Gasteiger partial charge on any atom is -0.453 e. The van der Waals surface area contributed by atoms with Crippen LogP contribution in [0.3, 0.4) is 0 Å². The lowest BCUT2D eigenvalue weighted by molar-refractivity contribution is -0.157. The number of ether oxygens (including phenoxy) is 3. The molecule has 14 heteroatoms. The molecule has 2 amide bonds. The van der Waals surface area contributed by atoms with Gasteiger partial charge in [-0.1, -0.05) is 24.3 Å². The number of aliphatic hydroxyl groups is 5. The predicted molar refractivity (Wildman–Crippen MR) is 128 cm³/mol. The molecule has 0 aliphatic carbocycles. The van der Waals surface area contributed by atoms with Crippen molar-refractivity contribution in [1.82, 2.24) is 5.32 Å². The van der Waals surface area contributed by atoms with Crippen LogP contribution in [-0.2, 0) is 19.1 Å². The number of aliphatic hydroxyl groups excluding tert-OH is 5. The highest BCUT2D eigenvalue weighted by Gasteiger charge is 2.40. The third kappa shape index (κ3) is 8.39. The first-order chi connectivity index (χ1) is 18.4. The summed E-state index contributed by atoms with van der Waals surface area (Å²) in [7, 11) is 0. The Morgan fingerprint density at radius 1 is 0.744 bits per heavy atom. The van der Waals surface area contributed by atoms with Crippen LogP contribution in [0.25, 0.3) is 0 Å². The molecule has 6 N–H and O–H groups in total. The lowest BCUT2D eigenvalue weighted by Gasteiger charge is -2.30. The molecule has 0 saturated heterocycles. The summed E-state index contributed by atoms with van der Waals surface area (Å²) in [5, 5.41) is 52.4. The summed E-state index contributed by atoms with van der Waals surface area (Å²) in [5.41, 5.74) is -0.523. The van der Waals surface area contributed by atoms with Crippen LogP contribution < -0.4 is 14.8 Å². The zero-order valence-electron chi connectivity index (χ0n) is 20.7. The van der Waals surface area contributed by atoms with E-state index in [0.717, 1.165) is 13.8 Å². The van der Waals surface area contributed by atoms with Crippen LogP contribution >= 0.6 is 0 Å². The summed E-state index contributed by atoms with van der Waals surface area (Å²) in [6, 6.07) is 10.7. The van der Waals surface area contributed by atoms with Gasteiger partial charge in [-0.25, -0.2) is 4.79 Å². The van der Waals surface area contributed by atoms with E-state index in [9.17, 15) is 49.5 Å². The molecule has 2 aromatic carbocycles. The summed E-state index contributed by atoms with van der Waals surface area (Å²) in [4.78, 5) is 59.8. The molecular weight excluding hydrogens is 522 g/mol. The molecule has 0 aliphatic heterocycles. The van der Waals surface area contributed by atoms with Crippen molar-refractivity contribution in [1.29, 1.82) is 0 Å². The normalized spacial score (nSPS) is 14.6. The van der Waals surface area contributed by atoms with E-state index < -0.39 is 66.8 Å². The molecule has 0 saturated carbocycles.